The van der Waals surface area contributed by atoms with Crippen LogP contribution in [-0.4, -0.2) is 68.7 Å². The smallest absolute Gasteiger partial charge is 0.253 e. The standard InChI is InChI=1S/C18H25FN2O4S/c19-17-5-3-16(4-6-17)18(22)20-8-10-21(11-9-20)26(23,24)13-7-15-2-1-12-25-14-15/h3-6,15H,1-2,7-14H2. The third-order valence-electron chi connectivity index (χ3n) is 5.05. The number of nitrogens with zero attached hydrogens (tertiary/aromatic N) is 2. The molecule has 1 unspecified atom stereocenters. The molecule has 0 bridgehead atoms. The molecule has 2 saturated heterocycles. The summed E-state index contributed by atoms with van der Waals surface area (Å²) >= 11 is 0. The number of halogens is 1. The molecule has 0 saturated carbocycles. The maximum absolute atomic E-state index is 13.0. The highest BCUT2D eigenvalue weighted by Gasteiger charge is 2.30. The van der Waals surface area contributed by atoms with Gasteiger partial charge in [0, 0.05) is 45.0 Å². The summed E-state index contributed by atoms with van der Waals surface area (Å²) in [4.78, 5) is 14.0. The van der Waals surface area contributed by atoms with Crippen LogP contribution >= 0.6 is 0 Å². The highest BCUT2D eigenvalue weighted by Crippen LogP contribution is 2.20. The Kier molecular flexibility index (Phi) is 6.26. The lowest BCUT2D eigenvalue weighted by atomic mass is 10.00. The number of rotatable bonds is 5. The fraction of sp³-hybridized carbons (Fsp3) is 0.611. The number of hydrogen-bond acceptors (Lipinski definition) is 4. The first kappa shape index (κ1) is 19.3. The molecule has 8 heteroatoms. The molecule has 2 fully saturated rings. The summed E-state index contributed by atoms with van der Waals surface area (Å²) in [7, 11) is -3.31. The lowest BCUT2D eigenvalue weighted by molar-refractivity contribution is 0.0536. The fourth-order valence-corrected chi connectivity index (χ4v) is 5.03. The van der Waals surface area contributed by atoms with Gasteiger partial charge in [0.25, 0.3) is 5.91 Å². The summed E-state index contributed by atoms with van der Waals surface area (Å²) in [6.45, 7) is 2.72. The summed E-state index contributed by atoms with van der Waals surface area (Å²) in [5.74, 6) is -0.130. The van der Waals surface area contributed by atoms with E-state index in [1.165, 1.54) is 28.6 Å². The highest BCUT2D eigenvalue weighted by atomic mass is 32.2. The molecule has 1 aromatic carbocycles. The molecular formula is C18H25FN2O4S. The maximum Gasteiger partial charge on any atom is 0.253 e. The van der Waals surface area contributed by atoms with Gasteiger partial charge in [-0.3, -0.25) is 4.79 Å². The minimum atomic E-state index is -3.31. The first-order valence-corrected chi connectivity index (χ1v) is 10.7. The number of amides is 1. The Labute approximate surface area is 154 Å². The Morgan fingerprint density at radius 3 is 2.46 bits per heavy atom. The molecule has 0 spiro atoms. The van der Waals surface area contributed by atoms with Gasteiger partial charge in [0.05, 0.1) is 5.75 Å². The monoisotopic (exact) mass is 384 g/mol. The molecule has 0 aliphatic carbocycles. The van der Waals surface area contributed by atoms with E-state index in [1.54, 1.807) is 4.90 Å². The Bertz CT molecular complexity index is 709. The van der Waals surface area contributed by atoms with Gasteiger partial charge in [-0.1, -0.05) is 0 Å². The maximum atomic E-state index is 13.0. The zero-order valence-electron chi connectivity index (χ0n) is 14.8. The van der Waals surface area contributed by atoms with Gasteiger partial charge in [-0.25, -0.2) is 12.8 Å². The van der Waals surface area contributed by atoms with E-state index < -0.39 is 10.0 Å². The van der Waals surface area contributed by atoms with Gasteiger partial charge < -0.3 is 9.64 Å². The topological polar surface area (TPSA) is 66.9 Å². The normalized spacial score (nSPS) is 22.3. The van der Waals surface area contributed by atoms with Gasteiger partial charge in [0.15, 0.2) is 0 Å². The first-order valence-electron chi connectivity index (χ1n) is 9.06. The van der Waals surface area contributed by atoms with E-state index in [4.69, 9.17) is 4.74 Å². The molecule has 2 aliphatic rings. The van der Waals surface area contributed by atoms with E-state index in [0.29, 0.717) is 50.7 Å². The van der Waals surface area contributed by atoms with Gasteiger partial charge in [-0.05, 0) is 49.4 Å². The molecule has 144 valence electrons. The second-order valence-corrected chi connectivity index (χ2v) is 8.97. The minimum Gasteiger partial charge on any atom is -0.381 e. The van der Waals surface area contributed by atoms with Crippen molar-refractivity contribution in [3.05, 3.63) is 35.6 Å². The molecule has 0 aromatic heterocycles. The summed E-state index contributed by atoms with van der Waals surface area (Å²) in [5.41, 5.74) is 0.417. The van der Waals surface area contributed by atoms with Crippen molar-refractivity contribution in [2.24, 2.45) is 5.92 Å². The summed E-state index contributed by atoms with van der Waals surface area (Å²) in [6, 6.07) is 5.41. The van der Waals surface area contributed by atoms with Gasteiger partial charge in [0.2, 0.25) is 10.0 Å². The largest absolute Gasteiger partial charge is 0.381 e. The molecule has 0 N–H and O–H groups in total. The molecule has 1 amide bonds. The molecule has 1 aromatic rings. The van der Waals surface area contributed by atoms with Crippen LogP contribution < -0.4 is 0 Å². The van der Waals surface area contributed by atoms with Crippen molar-refractivity contribution in [2.75, 3.05) is 45.1 Å². The van der Waals surface area contributed by atoms with Gasteiger partial charge >= 0.3 is 0 Å². The zero-order chi connectivity index (χ0) is 18.6. The quantitative estimate of drug-likeness (QED) is 0.775. The van der Waals surface area contributed by atoms with Crippen molar-refractivity contribution in [3.8, 4) is 0 Å². The number of ether oxygens (including phenoxy) is 1. The summed E-state index contributed by atoms with van der Waals surface area (Å²) in [5, 5.41) is 0. The average Bonchev–Trinajstić information content (AvgIpc) is 2.67. The number of sulfonamides is 1. The first-order chi connectivity index (χ1) is 12.5. The number of carbonyl (C=O) groups excluding carboxylic acids is 1. The van der Waals surface area contributed by atoms with E-state index in [2.05, 4.69) is 0 Å². The third-order valence-corrected chi connectivity index (χ3v) is 6.95. The Hall–Kier alpha value is -1.51. The van der Waals surface area contributed by atoms with Crippen molar-refractivity contribution < 1.29 is 22.3 Å². The van der Waals surface area contributed by atoms with E-state index >= 15 is 0 Å². The lowest BCUT2D eigenvalue weighted by Gasteiger charge is -2.34. The van der Waals surface area contributed by atoms with Crippen LogP contribution in [0.15, 0.2) is 24.3 Å². The Morgan fingerprint density at radius 2 is 1.85 bits per heavy atom. The average molecular weight is 384 g/mol. The van der Waals surface area contributed by atoms with Crippen LogP contribution in [0, 0.1) is 11.7 Å². The summed E-state index contributed by atoms with van der Waals surface area (Å²) in [6.07, 6.45) is 2.64. The number of benzene rings is 1. The van der Waals surface area contributed by atoms with E-state index in [9.17, 15) is 17.6 Å². The van der Waals surface area contributed by atoms with Crippen LogP contribution in [0.25, 0.3) is 0 Å². The number of piperazine rings is 1. The van der Waals surface area contributed by atoms with Crippen LogP contribution in [0.2, 0.25) is 0 Å². The van der Waals surface area contributed by atoms with Crippen molar-refractivity contribution in [1.82, 2.24) is 9.21 Å². The third kappa shape index (κ3) is 4.81. The molecule has 0 radical (unpaired) electrons. The van der Waals surface area contributed by atoms with Crippen LogP contribution in [-0.2, 0) is 14.8 Å². The SMILES string of the molecule is O=C(c1ccc(F)cc1)N1CCN(S(=O)(=O)CCC2CCCOC2)CC1. The van der Waals surface area contributed by atoms with Crippen LogP contribution in [0.4, 0.5) is 4.39 Å². The summed E-state index contributed by atoms with van der Waals surface area (Å²) < 4.78 is 45.0. The van der Waals surface area contributed by atoms with Gasteiger partial charge in [-0.2, -0.15) is 4.31 Å². The molecule has 26 heavy (non-hydrogen) atoms. The number of hydrogen-bond donors (Lipinski definition) is 0. The highest BCUT2D eigenvalue weighted by molar-refractivity contribution is 7.89. The van der Waals surface area contributed by atoms with Crippen molar-refractivity contribution in [3.63, 3.8) is 0 Å². The predicted octanol–water partition coefficient (Wildman–Crippen LogP) is 1.73. The lowest BCUT2D eigenvalue weighted by Crippen LogP contribution is -2.51. The van der Waals surface area contributed by atoms with E-state index in [0.717, 1.165) is 19.4 Å². The van der Waals surface area contributed by atoms with Crippen molar-refractivity contribution in [1.29, 1.82) is 0 Å². The molecule has 2 heterocycles. The molecule has 2 aliphatic heterocycles. The van der Waals surface area contributed by atoms with E-state index in [-0.39, 0.29) is 17.5 Å². The van der Waals surface area contributed by atoms with E-state index in [1.807, 2.05) is 0 Å². The second kappa shape index (κ2) is 8.45. The molecule has 1 atom stereocenters. The number of carbonyl (C=O) groups is 1. The van der Waals surface area contributed by atoms with Gasteiger partial charge in [-0.15, -0.1) is 0 Å². The second-order valence-electron chi connectivity index (χ2n) is 6.89. The van der Waals surface area contributed by atoms with Crippen LogP contribution in [0.1, 0.15) is 29.6 Å². The Balaban J connectivity index is 1.50. The zero-order valence-corrected chi connectivity index (χ0v) is 15.6. The molecular weight excluding hydrogens is 359 g/mol. The molecule has 6 nitrogen and oxygen atoms in total. The fourth-order valence-electron chi connectivity index (χ4n) is 3.42. The predicted molar refractivity (Wildman–Crippen MR) is 95.8 cm³/mol. The molecule has 3 rings (SSSR count). The van der Waals surface area contributed by atoms with Crippen molar-refractivity contribution in [2.45, 2.75) is 19.3 Å². The van der Waals surface area contributed by atoms with Crippen molar-refractivity contribution >= 4 is 15.9 Å². The van der Waals surface area contributed by atoms with Gasteiger partial charge in [0.1, 0.15) is 5.82 Å². The van der Waals surface area contributed by atoms with Crippen LogP contribution in [0.3, 0.4) is 0 Å². The Morgan fingerprint density at radius 1 is 1.15 bits per heavy atom. The minimum absolute atomic E-state index is 0.132. The van der Waals surface area contributed by atoms with Crippen LogP contribution in [0.5, 0.6) is 0 Å².